The number of thiocarbonyl (C=S) groups is 1. The van der Waals surface area contributed by atoms with Crippen molar-refractivity contribution >= 4 is 74.2 Å². The maximum absolute atomic E-state index is 12.6. The van der Waals surface area contributed by atoms with Crippen LogP contribution in [0.2, 0.25) is 0 Å². The number of benzene rings is 1. The van der Waals surface area contributed by atoms with Gasteiger partial charge in [0.25, 0.3) is 5.91 Å². The van der Waals surface area contributed by atoms with E-state index in [-0.39, 0.29) is 24.0 Å². The number of amides is 2. The van der Waals surface area contributed by atoms with Crippen molar-refractivity contribution < 1.29 is 23.1 Å². The number of thiophene rings is 1. The normalized spacial score (nSPS) is 14.9. The summed E-state index contributed by atoms with van der Waals surface area (Å²) >= 11 is 9.13. The summed E-state index contributed by atoms with van der Waals surface area (Å²) in [5, 5.41) is 4.94. The highest BCUT2D eigenvalue weighted by Crippen LogP contribution is 2.33. The average molecular weight is 539 g/mol. The predicted octanol–water partition coefficient (Wildman–Crippen LogP) is 5.49. The number of carbonyl (C=O) groups is 2. The van der Waals surface area contributed by atoms with E-state index in [1.807, 2.05) is 23.6 Å². The molecule has 3 aromatic rings. The highest BCUT2D eigenvalue weighted by atomic mass is 32.2. The summed E-state index contributed by atoms with van der Waals surface area (Å²) in [6.45, 7) is -2.55. The van der Waals surface area contributed by atoms with Crippen LogP contribution in [0.25, 0.3) is 17.5 Å². The number of anilines is 1. The number of ether oxygens (including phenoxy) is 1. The van der Waals surface area contributed by atoms with Gasteiger partial charge in [0.05, 0.1) is 4.91 Å². The fourth-order valence-corrected chi connectivity index (χ4v) is 5.59. The largest absolute Gasteiger partial charge is 0.435 e. The number of halogens is 2. The minimum absolute atomic E-state index is 0.0333. The third kappa shape index (κ3) is 6.23. The highest BCUT2D eigenvalue weighted by molar-refractivity contribution is 8.26. The van der Waals surface area contributed by atoms with Gasteiger partial charge in [0, 0.05) is 34.9 Å². The smallest absolute Gasteiger partial charge is 0.387 e. The van der Waals surface area contributed by atoms with Gasteiger partial charge in [-0.2, -0.15) is 18.1 Å². The van der Waals surface area contributed by atoms with Crippen LogP contribution in [-0.2, 0) is 9.59 Å². The van der Waals surface area contributed by atoms with Gasteiger partial charge in [-0.3, -0.25) is 14.5 Å². The second kappa shape index (κ2) is 11.1. The molecule has 34 heavy (non-hydrogen) atoms. The molecule has 2 amide bonds. The summed E-state index contributed by atoms with van der Waals surface area (Å²) < 4.78 is 33.5. The summed E-state index contributed by atoms with van der Waals surface area (Å²) in [6, 6.07) is 9.74. The van der Waals surface area contributed by atoms with Crippen LogP contribution >= 0.6 is 46.8 Å². The van der Waals surface area contributed by atoms with Gasteiger partial charge < -0.3 is 10.1 Å². The van der Waals surface area contributed by atoms with Gasteiger partial charge in [0.15, 0.2) is 5.82 Å². The number of aromatic nitrogens is 2. The van der Waals surface area contributed by atoms with Crippen molar-refractivity contribution in [2.24, 2.45) is 0 Å². The number of hydrogen-bond donors (Lipinski definition) is 1. The van der Waals surface area contributed by atoms with Crippen molar-refractivity contribution in [2.45, 2.75) is 19.5 Å². The zero-order valence-corrected chi connectivity index (χ0v) is 20.5. The van der Waals surface area contributed by atoms with Gasteiger partial charge in [-0.15, -0.1) is 11.3 Å². The molecule has 1 saturated heterocycles. The molecule has 0 aliphatic carbocycles. The Morgan fingerprint density at radius 1 is 1.26 bits per heavy atom. The molecule has 13 heteroatoms. The SMILES string of the molecule is O=C(CCCN1C(=O)/C(=C/c2cccs2)SC1=S)Nc1nc(-c2ccc(OC(F)F)cc2)ns1. The highest BCUT2D eigenvalue weighted by Gasteiger charge is 2.31. The number of alkyl halides is 2. The lowest BCUT2D eigenvalue weighted by atomic mass is 10.2. The molecule has 0 atom stereocenters. The number of rotatable bonds is 9. The van der Waals surface area contributed by atoms with E-state index < -0.39 is 6.61 Å². The van der Waals surface area contributed by atoms with E-state index in [1.165, 1.54) is 28.8 Å². The molecule has 0 spiro atoms. The molecule has 1 aliphatic heterocycles. The third-order valence-electron chi connectivity index (χ3n) is 4.49. The Hall–Kier alpha value is -2.74. The average Bonchev–Trinajstić information content (AvgIpc) is 3.53. The van der Waals surface area contributed by atoms with Crippen LogP contribution in [-0.4, -0.2) is 43.5 Å². The molecule has 0 radical (unpaired) electrons. The molecule has 0 bridgehead atoms. The lowest BCUT2D eigenvalue weighted by molar-refractivity contribution is -0.122. The Morgan fingerprint density at radius 3 is 2.76 bits per heavy atom. The molecule has 1 aromatic carbocycles. The van der Waals surface area contributed by atoms with Crippen LogP contribution in [0.1, 0.15) is 17.7 Å². The van der Waals surface area contributed by atoms with Gasteiger partial charge in [0.1, 0.15) is 10.1 Å². The predicted molar refractivity (Wildman–Crippen MR) is 134 cm³/mol. The molecule has 1 aliphatic rings. The number of hydrogen-bond acceptors (Lipinski definition) is 9. The lowest BCUT2D eigenvalue weighted by Gasteiger charge is -2.13. The van der Waals surface area contributed by atoms with Gasteiger partial charge in [-0.05, 0) is 48.2 Å². The van der Waals surface area contributed by atoms with Crippen molar-refractivity contribution in [3.05, 3.63) is 51.6 Å². The fraction of sp³-hybridized carbons (Fsp3) is 0.190. The number of carbonyl (C=O) groups excluding carboxylic acids is 2. The first kappa shape index (κ1) is 24.4. The van der Waals surface area contributed by atoms with E-state index in [0.717, 1.165) is 16.4 Å². The van der Waals surface area contributed by atoms with Crippen molar-refractivity contribution in [3.8, 4) is 17.1 Å². The van der Waals surface area contributed by atoms with Gasteiger partial charge in [-0.25, -0.2) is 0 Å². The van der Waals surface area contributed by atoms with Crippen molar-refractivity contribution in [3.63, 3.8) is 0 Å². The zero-order chi connectivity index (χ0) is 24.1. The number of nitrogens with one attached hydrogen (secondary N) is 1. The Morgan fingerprint density at radius 2 is 2.06 bits per heavy atom. The maximum atomic E-state index is 12.6. The topological polar surface area (TPSA) is 84.4 Å². The van der Waals surface area contributed by atoms with Crippen LogP contribution in [0, 0.1) is 0 Å². The molecule has 176 valence electrons. The molecular formula is C21H16F2N4O3S4. The Labute approximate surface area is 211 Å². The van der Waals surface area contributed by atoms with E-state index in [2.05, 4.69) is 19.4 Å². The Kier molecular flexibility index (Phi) is 7.98. The second-order valence-electron chi connectivity index (χ2n) is 6.83. The van der Waals surface area contributed by atoms with E-state index in [1.54, 1.807) is 23.5 Å². The van der Waals surface area contributed by atoms with Gasteiger partial charge >= 0.3 is 6.61 Å². The standard InChI is InChI=1S/C21H16F2N4O3S4/c22-19(23)30-13-7-5-12(6-8-13)17-25-20(34-26-17)24-16(28)4-1-9-27-18(29)15(33-21(27)31)11-14-3-2-10-32-14/h2-3,5-8,10-11,19H,1,4,9H2,(H,24,25,26,28)/b15-11-. The zero-order valence-electron chi connectivity index (χ0n) is 17.3. The summed E-state index contributed by atoms with van der Waals surface area (Å²) in [7, 11) is 0. The van der Waals surface area contributed by atoms with E-state index in [4.69, 9.17) is 12.2 Å². The third-order valence-corrected chi connectivity index (χ3v) is 7.31. The fourth-order valence-electron chi connectivity index (χ4n) is 2.95. The monoisotopic (exact) mass is 538 g/mol. The summed E-state index contributed by atoms with van der Waals surface area (Å²) in [5.41, 5.74) is 0.600. The first-order valence-corrected chi connectivity index (χ1v) is 12.7. The molecule has 4 rings (SSSR count). The van der Waals surface area contributed by atoms with Crippen molar-refractivity contribution in [1.82, 2.24) is 14.3 Å². The Balaban J connectivity index is 1.26. The van der Waals surface area contributed by atoms with Gasteiger partial charge in [-0.1, -0.05) is 30.0 Å². The van der Waals surface area contributed by atoms with Gasteiger partial charge in [0.2, 0.25) is 11.0 Å². The number of nitrogens with zero attached hydrogens (tertiary/aromatic N) is 3. The summed E-state index contributed by atoms with van der Waals surface area (Å²) in [4.78, 5) is 32.2. The molecule has 2 aromatic heterocycles. The van der Waals surface area contributed by atoms with E-state index in [9.17, 15) is 18.4 Å². The first-order chi connectivity index (χ1) is 16.4. The van der Waals surface area contributed by atoms with E-state index in [0.29, 0.717) is 38.7 Å². The lowest BCUT2D eigenvalue weighted by Crippen LogP contribution is -2.29. The van der Waals surface area contributed by atoms with Crippen LogP contribution in [0.4, 0.5) is 13.9 Å². The molecule has 1 N–H and O–H groups in total. The van der Waals surface area contributed by atoms with E-state index >= 15 is 0 Å². The minimum atomic E-state index is -2.90. The molecule has 1 fully saturated rings. The van der Waals surface area contributed by atoms with Crippen molar-refractivity contribution in [1.29, 1.82) is 0 Å². The molecule has 0 unspecified atom stereocenters. The minimum Gasteiger partial charge on any atom is -0.435 e. The van der Waals surface area contributed by atoms with Crippen molar-refractivity contribution in [2.75, 3.05) is 11.9 Å². The molecule has 7 nitrogen and oxygen atoms in total. The van der Waals surface area contributed by atoms with Crippen LogP contribution in [0.15, 0.2) is 46.7 Å². The molecule has 3 heterocycles. The van der Waals surface area contributed by atoms with Crippen LogP contribution < -0.4 is 10.1 Å². The quantitative estimate of drug-likeness (QED) is 0.285. The Bertz CT molecular complexity index is 1210. The maximum Gasteiger partial charge on any atom is 0.387 e. The number of thioether (sulfide) groups is 1. The summed E-state index contributed by atoms with van der Waals surface area (Å²) in [6.07, 6.45) is 2.43. The van der Waals surface area contributed by atoms with Crippen LogP contribution in [0.3, 0.4) is 0 Å². The first-order valence-electron chi connectivity index (χ1n) is 9.87. The molecule has 0 saturated carbocycles. The van der Waals surface area contributed by atoms with Crippen LogP contribution in [0.5, 0.6) is 5.75 Å². The second-order valence-corrected chi connectivity index (χ2v) is 10.2. The summed E-state index contributed by atoms with van der Waals surface area (Å²) in [5.74, 6) is -0.0181. The molecular weight excluding hydrogens is 523 g/mol.